The van der Waals surface area contributed by atoms with Crippen LogP contribution in [0.25, 0.3) is 0 Å². The molecule has 65 valence electrons. The predicted molar refractivity (Wildman–Crippen MR) is 42.2 cm³/mol. The monoisotopic (exact) mass is 159 g/mol. The maximum absolute atomic E-state index is 10.4. The average molecular weight is 159 g/mol. The van der Waals surface area contributed by atoms with Gasteiger partial charge in [-0.2, -0.15) is 0 Å². The van der Waals surface area contributed by atoms with Gasteiger partial charge in [0.2, 0.25) is 0 Å². The van der Waals surface area contributed by atoms with E-state index in [1.54, 1.807) is 0 Å². The Morgan fingerprint density at radius 3 is 2.64 bits per heavy atom. The number of carbonyl (C=O) groups excluding carboxylic acids is 1. The van der Waals surface area contributed by atoms with Gasteiger partial charge in [0.25, 0.3) is 0 Å². The van der Waals surface area contributed by atoms with Gasteiger partial charge in [-0.3, -0.25) is 0 Å². The van der Waals surface area contributed by atoms with Crippen LogP contribution in [0.1, 0.15) is 25.7 Å². The van der Waals surface area contributed by atoms with Crippen LogP contribution in [0.3, 0.4) is 0 Å². The molecule has 3 heteroatoms. The molecule has 3 nitrogen and oxygen atoms in total. The molecule has 0 saturated carbocycles. The molecule has 0 unspecified atom stereocenters. The second-order valence-electron chi connectivity index (χ2n) is 2.22. The molecule has 0 amide bonds. The van der Waals surface area contributed by atoms with Crippen molar-refractivity contribution in [1.29, 1.82) is 0 Å². The van der Waals surface area contributed by atoms with E-state index < -0.39 is 6.16 Å². The maximum atomic E-state index is 10.4. The molecule has 0 aromatic carbocycles. The predicted octanol–water partition coefficient (Wildman–Crippen LogP) is 2.16. The van der Waals surface area contributed by atoms with Crippen LogP contribution in [0.15, 0.2) is 0 Å². The van der Waals surface area contributed by atoms with Crippen LogP contribution < -0.4 is 0 Å². The van der Waals surface area contributed by atoms with Crippen molar-refractivity contribution in [3.05, 3.63) is 6.92 Å². The summed E-state index contributed by atoms with van der Waals surface area (Å²) in [6.45, 7) is 4.15. The highest BCUT2D eigenvalue weighted by Gasteiger charge is 1.97. The molecule has 0 aromatic heterocycles. The first-order chi connectivity index (χ1) is 5.31. The fourth-order valence-corrected chi connectivity index (χ4v) is 0.670. The summed E-state index contributed by atoms with van der Waals surface area (Å²) in [7, 11) is 1.30. The Bertz CT molecular complexity index is 102. The van der Waals surface area contributed by atoms with E-state index in [4.69, 9.17) is 0 Å². The largest absolute Gasteiger partial charge is 0.507 e. The van der Waals surface area contributed by atoms with Crippen molar-refractivity contribution in [3.8, 4) is 0 Å². The highest BCUT2D eigenvalue weighted by Crippen LogP contribution is 1.98. The fraction of sp³-hybridized carbons (Fsp3) is 0.750. The SMILES string of the molecule is [CH2]CCCCCOC(=O)OC. The number of hydrogen-bond donors (Lipinski definition) is 0. The van der Waals surface area contributed by atoms with E-state index in [1.807, 2.05) is 0 Å². The summed E-state index contributed by atoms with van der Waals surface area (Å²) in [4.78, 5) is 10.4. The van der Waals surface area contributed by atoms with Crippen LogP contribution in [0, 0.1) is 6.92 Å². The molecule has 0 atom stereocenters. The molecule has 11 heavy (non-hydrogen) atoms. The van der Waals surface area contributed by atoms with Crippen molar-refractivity contribution in [2.45, 2.75) is 25.7 Å². The van der Waals surface area contributed by atoms with Crippen LogP contribution >= 0.6 is 0 Å². The van der Waals surface area contributed by atoms with Crippen LogP contribution in [-0.2, 0) is 9.47 Å². The number of hydrogen-bond acceptors (Lipinski definition) is 3. The van der Waals surface area contributed by atoms with E-state index in [1.165, 1.54) is 7.11 Å². The molecule has 0 spiro atoms. The van der Waals surface area contributed by atoms with Gasteiger partial charge in [0.1, 0.15) is 0 Å². The molecule has 0 N–H and O–H groups in total. The van der Waals surface area contributed by atoms with Gasteiger partial charge >= 0.3 is 6.16 Å². The van der Waals surface area contributed by atoms with E-state index >= 15 is 0 Å². The Hall–Kier alpha value is -0.730. The van der Waals surface area contributed by atoms with E-state index in [-0.39, 0.29) is 0 Å². The van der Waals surface area contributed by atoms with Crippen molar-refractivity contribution >= 4 is 6.16 Å². The van der Waals surface area contributed by atoms with E-state index in [0.717, 1.165) is 25.7 Å². The van der Waals surface area contributed by atoms with Crippen LogP contribution in [0.2, 0.25) is 0 Å². The number of unbranched alkanes of at least 4 members (excludes halogenated alkanes) is 3. The van der Waals surface area contributed by atoms with Crippen molar-refractivity contribution in [3.63, 3.8) is 0 Å². The van der Waals surface area contributed by atoms with E-state index in [0.29, 0.717) is 6.61 Å². The maximum Gasteiger partial charge on any atom is 0.507 e. The molecule has 0 aliphatic heterocycles. The zero-order chi connectivity index (χ0) is 8.53. The first-order valence-corrected chi connectivity index (χ1v) is 3.81. The van der Waals surface area contributed by atoms with Crippen molar-refractivity contribution < 1.29 is 14.3 Å². The highest BCUT2D eigenvalue weighted by atomic mass is 16.7. The molecule has 0 aliphatic rings. The third-order valence-electron chi connectivity index (χ3n) is 1.28. The number of ether oxygens (including phenoxy) is 2. The zero-order valence-corrected chi connectivity index (χ0v) is 6.97. The Morgan fingerprint density at radius 1 is 1.36 bits per heavy atom. The van der Waals surface area contributed by atoms with Crippen LogP contribution in [0.4, 0.5) is 4.79 Å². The Labute approximate surface area is 67.7 Å². The zero-order valence-electron chi connectivity index (χ0n) is 6.97. The average Bonchev–Trinajstić information content (AvgIpc) is 2.04. The molecule has 0 heterocycles. The summed E-state index contributed by atoms with van der Waals surface area (Å²) in [5.74, 6) is 0. The molecular weight excluding hydrogens is 144 g/mol. The Kier molecular flexibility index (Phi) is 6.89. The standard InChI is InChI=1S/C8H15O3/c1-3-4-5-6-7-11-8(9)10-2/h1,3-7H2,2H3. The van der Waals surface area contributed by atoms with Gasteiger partial charge in [-0.05, 0) is 6.42 Å². The lowest BCUT2D eigenvalue weighted by molar-refractivity contribution is 0.0713. The van der Waals surface area contributed by atoms with Crippen molar-refractivity contribution in [2.75, 3.05) is 13.7 Å². The van der Waals surface area contributed by atoms with Gasteiger partial charge in [-0.1, -0.05) is 26.2 Å². The van der Waals surface area contributed by atoms with Crippen molar-refractivity contribution in [1.82, 2.24) is 0 Å². The summed E-state index contributed by atoms with van der Waals surface area (Å²) in [5, 5.41) is 0. The van der Waals surface area contributed by atoms with E-state index in [9.17, 15) is 4.79 Å². The first kappa shape index (κ1) is 10.3. The molecule has 0 aliphatic carbocycles. The third-order valence-corrected chi connectivity index (χ3v) is 1.28. The summed E-state index contributed by atoms with van der Waals surface area (Å²) in [5.41, 5.74) is 0. The number of methoxy groups -OCH3 is 1. The van der Waals surface area contributed by atoms with Gasteiger partial charge in [-0.25, -0.2) is 4.79 Å². The second-order valence-corrected chi connectivity index (χ2v) is 2.22. The molecule has 0 fully saturated rings. The smallest absolute Gasteiger partial charge is 0.438 e. The van der Waals surface area contributed by atoms with Crippen molar-refractivity contribution in [2.24, 2.45) is 0 Å². The minimum absolute atomic E-state index is 0.451. The van der Waals surface area contributed by atoms with Gasteiger partial charge < -0.3 is 9.47 Å². The summed E-state index contributed by atoms with van der Waals surface area (Å²) in [6, 6.07) is 0. The van der Waals surface area contributed by atoms with Gasteiger partial charge in [0.05, 0.1) is 13.7 Å². The lowest BCUT2D eigenvalue weighted by Crippen LogP contribution is -2.05. The second kappa shape index (κ2) is 7.38. The topological polar surface area (TPSA) is 35.5 Å². The lowest BCUT2D eigenvalue weighted by Gasteiger charge is -2.01. The highest BCUT2D eigenvalue weighted by molar-refractivity contribution is 5.59. The molecule has 1 radical (unpaired) electrons. The van der Waals surface area contributed by atoms with Gasteiger partial charge in [-0.15, -0.1) is 0 Å². The summed E-state index contributed by atoms with van der Waals surface area (Å²) in [6.07, 6.45) is 3.38. The quantitative estimate of drug-likeness (QED) is 0.455. The summed E-state index contributed by atoms with van der Waals surface area (Å²) < 4.78 is 8.94. The Morgan fingerprint density at radius 2 is 2.09 bits per heavy atom. The van der Waals surface area contributed by atoms with Crippen LogP contribution in [0.5, 0.6) is 0 Å². The molecule has 0 aromatic rings. The minimum Gasteiger partial charge on any atom is -0.438 e. The van der Waals surface area contributed by atoms with E-state index in [2.05, 4.69) is 16.4 Å². The first-order valence-electron chi connectivity index (χ1n) is 3.81. The van der Waals surface area contributed by atoms with Gasteiger partial charge in [0.15, 0.2) is 0 Å². The lowest BCUT2D eigenvalue weighted by atomic mass is 10.2. The number of carbonyl (C=O) groups is 1. The minimum atomic E-state index is -0.598. The Balaban J connectivity index is 2.95. The number of rotatable bonds is 5. The normalized spacial score (nSPS) is 9.27. The molecular formula is C8H15O3. The van der Waals surface area contributed by atoms with Crippen LogP contribution in [-0.4, -0.2) is 19.9 Å². The molecule has 0 saturated heterocycles. The summed E-state index contributed by atoms with van der Waals surface area (Å²) >= 11 is 0. The molecule has 0 bridgehead atoms. The fourth-order valence-electron chi connectivity index (χ4n) is 0.670. The third kappa shape index (κ3) is 7.16. The van der Waals surface area contributed by atoms with Gasteiger partial charge in [0, 0.05) is 0 Å². The molecule has 0 rings (SSSR count).